The zero-order valence-corrected chi connectivity index (χ0v) is 13.5. The second-order valence-corrected chi connectivity index (χ2v) is 6.06. The first-order valence-electron chi connectivity index (χ1n) is 7.29. The van der Waals surface area contributed by atoms with Crippen LogP contribution >= 0.6 is 11.3 Å². The molecule has 4 aromatic rings. The lowest BCUT2D eigenvalue weighted by atomic mass is 10.2. The number of aryl methyl sites for hydroxylation is 2. The molecule has 0 aromatic carbocycles. The van der Waals surface area contributed by atoms with Crippen molar-refractivity contribution in [1.29, 1.82) is 0 Å². The zero-order valence-electron chi connectivity index (χ0n) is 12.7. The monoisotopic (exact) mass is 326 g/mol. The normalized spacial score (nSPS) is 11.4. The Bertz CT molecular complexity index is 952. The minimum absolute atomic E-state index is 0.700. The van der Waals surface area contributed by atoms with E-state index in [9.17, 15) is 0 Å². The largest absolute Gasteiger partial charge is 0.272 e. The van der Waals surface area contributed by atoms with Crippen molar-refractivity contribution >= 4 is 16.3 Å². The molecule has 116 valence electrons. The summed E-state index contributed by atoms with van der Waals surface area (Å²) in [6.45, 7) is 4.97. The van der Waals surface area contributed by atoms with E-state index in [0.29, 0.717) is 5.82 Å². The van der Waals surface area contributed by atoms with Gasteiger partial charge >= 0.3 is 0 Å². The summed E-state index contributed by atoms with van der Waals surface area (Å²) in [5, 5.41) is 18.4. The molecule has 0 aliphatic carbocycles. The molecule has 4 heterocycles. The van der Waals surface area contributed by atoms with Gasteiger partial charge in [-0.05, 0) is 13.3 Å². The number of rotatable bonds is 4. The van der Waals surface area contributed by atoms with Gasteiger partial charge in [-0.15, -0.1) is 10.2 Å². The molecule has 0 saturated heterocycles. The molecule has 0 spiro atoms. The SMILES string of the molecule is CCCn1cc(-c2nnc3sc(-c4cnccn4)nn23)c(C)n1. The Morgan fingerprint density at radius 2 is 2.09 bits per heavy atom. The standard InChI is InChI=1S/C14H14N8S/c1-3-6-21-8-10(9(2)19-21)12-17-18-14-22(12)20-13(23-14)11-7-15-4-5-16-11/h4-5,7-8H,3,6H2,1-2H3. The summed E-state index contributed by atoms with van der Waals surface area (Å²) >= 11 is 1.44. The molecule has 0 amide bonds. The van der Waals surface area contributed by atoms with Gasteiger partial charge in [0.15, 0.2) is 10.8 Å². The predicted octanol–water partition coefficient (Wildman–Crippen LogP) is 2.22. The van der Waals surface area contributed by atoms with E-state index in [1.807, 2.05) is 17.8 Å². The summed E-state index contributed by atoms with van der Waals surface area (Å²) < 4.78 is 3.68. The van der Waals surface area contributed by atoms with Crippen molar-refractivity contribution in [2.75, 3.05) is 0 Å². The summed E-state index contributed by atoms with van der Waals surface area (Å²) in [5.74, 6) is 0.700. The van der Waals surface area contributed by atoms with E-state index >= 15 is 0 Å². The Morgan fingerprint density at radius 3 is 2.87 bits per heavy atom. The Kier molecular flexibility index (Phi) is 3.34. The van der Waals surface area contributed by atoms with Crippen LogP contribution < -0.4 is 0 Å². The third-order valence-corrected chi connectivity index (χ3v) is 4.33. The van der Waals surface area contributed by atoms with Gasteiger partial charge in [-0.3, -0.25) is 14.6 Å². The van der Waals surface area contributed by atoms with Gasteiger partial charge in [-0.25, -0.2) is 0 Å². The zero-order chi connectivity index (χ0) is 15.8. The van der Waals surface area contributed by atoms with Gasteiger partial charge in [0.2, 0.25) is 4.96 Å². The molecule has 0 fully saturated rings. The molecule has 4 aromatic heterocycles. The molecular formula is C14H14N8S. The first-order valence-corrected chi connectivity index (χ1v) is 8.11. The smallest absolute Gasteiger partial charge is 0.235 e. The quantitative estimate of drug-likeness (QED) is 0.571. The van der Waals surface area contributed by atoms with Crippen molar-refractivity contribution in [3.05, 3.63) is 30.5 Å². The highest BCUT2D eigenvalue weighted by Crippen LogP contribution is 2.27. The Hall–Kier alpha value is -2.68. The summed E-state index contributed by atoms with van der Waals surface area (Å²) in [4.78, 5) is 9.08. The summed E-state index contributed by atoms with van der Waals surface area (Å²) in [6.07, 6.45) is 8.01. The fraction of sp³-hybridized carbons (Fsp3) is 0.286. The fourth-order valence-electron chi connectivity index (χ4n) is 2.38. The summed E-state index contributed by atoms with van der Waals surface area (Å²) in [5.41, 5.74) is 2.59. The van der Waals surface area contributed by atoms with E-state index < -0.39 is 0 Å². The summed E-state index contributed by atoms with van der Waals surface area (Å²) in [6, 6.07) is 0. The van der Waals surface area contributed by atoms with Crippen LogP contribution in [-0.4, -0.2) is 39.6 Å². The first-order chi connectivity index (χ1) is 11.3. The summed E-state index contributed by atoms with van der Waals surface area (Å²) in [7, 11) is 0. The lowest BCUT2D eigenvalue weighted by molar-refractivity contribution is 0.598. The molecule has 0 radical (unpaired) electrons. The molecule has 0 bridgehead atoms. The van der Waals surface area contributed by atoms with E-state index in [4.69, 9.17) is 0 Å². The maximum Gasteiger partial charge on any atom is 0.235 e. The first kappa shape index (κ1) is 13.9. The molecular weight excluding hydrogens is 312 g/mol. The van der Waals surface area contributed by atoms with Gasteiger partial charge in [-0.1, -0.05) is 18.3 Å². The van der Waals surface area contributed by atoms with Gasteiger partial charge in [0.05, 0.1) is 17.5 Å². The number of nitrogens with zero attached hydrogens (tertiary/aromatic N) is 8. The van der Waals surface area contributed by atoms with Crippen molar-refractivity contribution < 1.29 is 0 Å². The average Bonchev–Trinajstić information content (AvgIpc) is 3.23. The van der Waals surface area contributed by atoms with E-state index in [-0.39, 0.29) is 0 Å². The topological polar surface area (TPSA) is 86.7 Å². The van der Waals surface area contributed by atoms with Crippen molar-refractivity contribution in [3.63, 3.8) is 0 Å². The van der Waals surface area contributed by atoms with Crippen LogP contribution in [0.15, 0.2) is 24.8 Å². The maximum absolute atomic E-state index is 4.59. The van der Waals surface area contributed by atoms with Crippen LogP contribution in [0.3, 0.4) is 0 Å². The Morgan fingerprint density at radius 1 is 1.17 bits per heavy atom. The van der Waals surface area contributed by atoms with E-state index in [0.717, 1.165) is 39.9 Å². The van der Waals surface area contributed by atoms with Crippen LogP contribution in [0.25, 0.3) is 27.1 Å². The highest BCUT2D eigenvalue weighted by atomic mass is 32.1. The van der Waals surface area contributed by atoms with Crippen LogP contribution in [0.1, 0.15) is 19.0 Å². The van der Waals surface area contributed by atoms with Gasteiger partial charge in [0.1, 0.15) is 5.69 Å². The van der Waals surface area contributed by atoms with Gasteiger partial charge in [0, 0.05) is 25.1 Å². The Labute approximate surface area is 135 Å². The van der Waals surface area contributed by atoms with Gasteiger partial charge in [-0.2, -0.15) is 14.7 Å². The van der Waals surface area contributed by atoms with Crippen LogP contribution in [0.4, 0.5) is 0 Å². The van der Waals surface area contributed by atoms with Crippen LogP contribution in [0, 0.1) is 6.92 Å². The second kappa shape index (κ2) is 5.51. The highest BCUT2D eigenvalue weighted by Gasteiger charge is 2.18. The van der Waals surface area contributed by atoms with Crippen LogP contribution in [0.5, 0.6) is 0 Å². The minimum atomic E-state index is 0.700. The molecule has 23 heavy (non-hydrogen) atoms. The molecule has 8 nitrogen and oxygen atoms in total. The van der Waals surface area contributed by atoms with Gasteiger partial charge < -0.3 is 0 Å². The second-order valence-electron chi connectivity index (χ2n) is 5.11. The maximum atomic E-state index is 4.59. The van der Waals surface area contributed by atoms with Crippen molar-refractivity contribution in [2.24, 2.45) is 0 Å². The lowest BCUT2D eigenvalue weighted by Gasteiger charge is -1.95. The Balaban J connectivity index is 1.81. The third kappa shape index (κ3) is 2.38. The number of hydrogen-bond acceptors (Lipinski definition) is 7. The lowest BCUT2D eigenvalue weighted by Crippen LogP contribution is -1.96. The fourth-order valence-corrected chi connectivity index (χ4v) is 3.18. The van der Waals surface area contributed by atoms with E-state index in [1.54, 1.807) is 23.1 Å². The number of hydrogen-bond donors (Lipinski definition) is 0. The molecule has 0 unspecified atom stereocenters. The molecule has 0 aliphatic rings. The van der Waals surface area contributed by atoms with Crippen LogP contribution in [0.2, 0.25) is 0 Å². The molecule has 0 N–H and O–H groups in total. The molecule has 0 aliphatic heterocycles. The van der Waals surface area contributed by atoms with Crippen molar-refractivity contribution in [2.45, 2.75) is 26.8 Å². The van der Waals surface area contributed by atoms with Gasteiger partial charge in [0.25, 0.3) is 0 Å². The van der Waals surface area contributed by atoms with E-state index in [1.165, 1.54) is 11.3 Å². The van der Waals surface area contributed by atoms with Crippen molar-refractivity contribution in [3.8, 4) is 22.1 Å². The highest BCUT2D eigenvalue weighted by molar-refractivity contribution is 7.19. The molecule has 0 atom stereocenters. The van der Waals surface area contributed by atoms with Crippen LogP contribution in [-0.2, 0) is 6.54 Å². The number of aromatic nitrogens is 8. The van der Waals surface area contributed by atoms with Crippen molar-refractivity contribution in [1.82, 2.24) is 39.6 Å². The number of fused-ring (bicyclic) bond motifs is 1. The van der Waals surface area contributed by atoms with E-state index in [2.05, 4.69) is 37.3 Å². The third-order valence-electron chi connectivity index (χ3n) is 3.41. The minimum Gasteiger partial charge on any atom is -0.272 e. The molecule has 9 heteroatoms. The molecule has 0 saturated carbocycles. The average molecular weight is 326 g/mol. The molecule has 4 rings (SSSR count). The predicted molar refractivity (Wildman–Crippen MR) is 85.9 cm³/mol.